The van der Waals surface area contributed by atoms with Crippen LogP contribution in [0.3, 0.4) is 0 Å². The number of hydrogen-bond donors (Lipinski definition) is 0. The van der Waals surface area contributed by atoms with Crippen LogP contribution < -0.4 is 0 Å². The number of carbonyl (C=O) groups excluding carboxylic acids is 1. The first-order chi connectivity index (χ1) is 4.81. The van der Waals surface area contributed by atoms with Gasteiger partial charge < -0.3 is 4.74 Å². The van der Waals surface area contributed by atoms with E-state index in [2.05, 4.69) is 0 Å². The predicted octanol–water partition coefficient (Wildman–Crippen LogP) is 1.79. The van der Waals surface area contributed by atoms with Crippen molar-refractivity contribution in [1.29, 1.82) is 0 Å². The van der Waals surface area contributed by atoms with Crippen molar-refractivity contribution in [2.45, 2.75) is 26.4 Å². The van der Waals surface area contributed by atoms with Crippen LogP contribution >= 0.6 is 7.80 Å². The van der Waals surface area contributed by atoms with Gasteiger partial charge in [-0.15, -0.1) is 0 Å². The molecule has 0 aliphatic heterocycles. The summed E-state index contributed by atoms with van der Waals surface area (Å²) in [5.74, 6) is -0.388. The molecule has 0 bridgehead atoms. The van der Waals surface area contributed by atoms with E-state index in [9.17, 15) is 9.36 Å². The summed E-state index contributed by atoms with van der Waals surface area (Å²) in [5, 5.41) is 0. The van der Waals surface area contributed by atoms with Crippen LogP contribution in [0.2, 0.25) is 0 Å². The topological polar surface area (TPSA) is 43.4 Å². The van der Waals surface area contributed by atoms with Crippen LogP contribution in [0.5, 0.6) is 0 Å². The fraction of sp³-hybridized carbons (Fsp3) is 0.857. The number of ether oxygens (including phenoxy) is 1. The van der Waals surface area contributed by atoms with Crippen LogP contribution in [0.15, 0.2) is 0 Å². The Morgan fingerprint density at radius 3 is 2.18 bits per heavy atom. The van der Waals surface area contributed by atoms with Crippen molar-refractivity contribution in [3.8, 4) is 0 Å². The summed E-state index contributed by atoms with van der Waals surface area (Å²) in [5.41, 5.74) is -0.470. The second-order valence-corrected chi connectivity index (χ2v) is 4.94. The molecular weight excluding hydrogens is 163 g/mol. The number of hydrogen-bond acceptors (Lipinski definition) is 3. The van der Waals surface area contributed by atoms with Crippen LogP contribution in [0, 0.1) is 0 Å². The van der Waals surface area contributed by atoms with Crippen molar-refractivity contribution < 1.29 is 14.1 Å². The van der Waals surface area contributed by atoms with E-state index in [0.717, 1.165) is 0 Å². The lowest BCUT2D eigenvalue weighted by Crippen LogP contribution is -2.24. The van der Waals surface area contributed by atoms with Crippen LogP contribution in [0.25, 0.3) is 0 Å². The molecule has 0 radical (unpaired) electrons. The molecule has 4 heteroatoms. The van der Waals surface area contributed by atoms with Crippen molar-refractivity contribution >= 4 is 13.8 Å². The van der Waals surface area contributed by atoms with Crippen LogP contribution in [-0.4, -0.2) is 24.4 Å². The fourth-order valence-corrected chi connectivity index (χ4v) is 0.984. The summed E-state index contributed by atoms with van der Waals surface area (Å²) in [6.07, 6.45) is 0.0204. The van der Waals surface area contributed by atoms with E-state index < -0.39 is 13.4 Å². The van der Waals surface area contributed by atoms with E-state index in [1.165, 1.54) is 6.66 Å². The molecule has 0 aliphatic carbocycles. The lowest BCUT2D eigenvalue weighted by Gasteiger charge is -2.17. The quantitative estimate of drug-likeness (QED) is 0.477. The zero-order chi connectivity index (χ0) is 9.07. The van der Waals surface area contributed by atoms with E-state index in [0.29, 0.717) is 0 Å². The molecule has 0 aromatic carbocycles. The largest absolute Gasteiger partial charge is 0.457 e. The molecule has 0 heterocycles. The smallest absolute Gasteiger partial charge is 0.355 e. The highest BCUT2D eigenvalue weighted by molar-refractivity contribution is 7.44. The Morgan fingerprint density at radius 2 is 1.91 bits per heavy atom. The fourth-order valence-electron chi connectivity index (χ4n) is 0.556. The Morgan fingerprint density at radius 1 is 1.45 bits per heavy atom. The Bertz CT molecular complexity index is 169. The summed E-state index contributed by atoms with van der Waals surface area (Å²) in [7, 11) is -1.42. The van der Waals surface area contributed by atoms with Gasteiger partial charge in [0.1, 0.15) is 12.3 Å². The molecule has 3 nitrogen and oxygen atoms in total. The second kappa shape index (κ2) is 3.82. The second-order valence-electron chi connectivity index (χ2n) is 3.37. The minimum absolute atomic E-state index is 0.0204. The monoisotopic (exact) mass is 177 g/mol. The van der Waals surface area contributed by atoms with Gasteiger partial charge in [0.2, 0.25) is 6.16 Å². The molecule has 0 aliphatic rings. The minimum Gasteiger partial charge on any atom is -0.457 e. The van der Waals surface area contributed by atoms with Crippen molar-refractivity contribution in [2.24, 2.45) is 0 Å². The predicted molar refractivity (Wildman–Crippen MR) is 44.2 cm³/mol. The van der Waals surface area contributed by atoms with Crippen LogP contribution in [-0.2, 0) is 14.1 Å². The zero-order valence-corrected chi connectivity index (χ0v) is 8.27. The Labute approximate surface area is 67.9 Å². The number of rotatable bonds is 2. The average molecular weight is 177 g/mol. The molecule has 11 heavy (non-hydrogen) atoms. The molecule has 0 fully saturated rings. The molecule has 64 valence electrons. The van der Waals surface area contributed by atoms with Crippen molar-refractivity contribution in [3.63, 3.8) is 0 Å². The molecule has 1 unspecified atom stereocenters. The van der Waals surface area contributed by atoms with Crippen molar-refractivity contribution in [3.05, 3.63) is 0 Å². The van der Waals surface area contributed by atoms with Gasteiger partial charge in [-0.25, -0.2) is 4.79 Å². The zero-order valence-electron chi connectivity index (χ0n) is 7.38. The molecule has 0 aromatic rings. The summed E-state index contributed by atoms with van der Waals surface area (Å²) >= 11 is 0. The van der Waals surface area contributed by atoms with Crippen molar-refractivity contribution in [2.75, 3.05) is 12.8 Å². The Balaban J connectivity index is 3.80. The Hall–Kier alpha value is -0.430. The van der Waals surface area contributed by atoms with Gasteiger partial charge in [0, 0.05) is 0 Å². The van der Waals surface area contributed by atoms with Gasteiger partial charge in [0.05, 0.1) is 0 Å². The maximum atomic E-state index is 10.9. The Kier molecular flexibility index (Phi) is 3.67. The molecular formula is C7H14O3P+. The maximum absolute atomic E-state index is 10.9. The SMILES string of the molecule is C[P+](=O)CC(=O)OC(C)(C)C. The summed E-state index contributed by atoms with van der Waals surface area (Å²) < 4.78 is 15.5. The van der Waals surface area contributed by atoms with Gasteiger partial charge >= 0.3 is 13.8 Å². The van der Waals surface area contributed by atoms with Gasteiger partial charge in [-0.1, -0.05) is 4.57 Å². The van der Waals surface area contributed by atoms with Gasteiger partial charge in [0.25, 0.3) is 0 Å². The highest BCUT2D eigenvalue weighted by Gasteiger charge is 2.21. The molecule has 0 N–H and O–H groups in total. The van der Waals surface area contributed by atoms with E-state index in [1.807, 2.05) is 0 Å². The van der Waals surface area contributed by atoms with Gasteiger partial charge in [-0.3, -0.25) is 0 Å². The maximum Gasteiger partial charge on any atom is 0.355 e. The first kappa shape index (κ1) is 10.6. The van der Waals surface area contributed by atoms with E-state index in [1.54, 1.807) is 20.8 Å². The van der Waals surface area contributed by atoms with Gasteiger partial charge in [-0.2, -0.15) is 0 Å². The van der Waals surface area contributed by atoms with E-state index in [-0.39, 0.29) is 12.1 Å². The standard InChI is InChI=1S/C7H14O3P/c1-7(2,3)10-6(8)5-11(4)9/h5H2,1-4H3/q+1. The van der Waals surface area contributed by atoms with Gasteiger partial charge in [-0.05, 0) is 20.8 Å². The lowest BCUT2D eigenvalue weighted by atomic mass is 10.2. The molecule has 0 saturated carbocycles. The normalized spacial score (nSPS) is 12.5. The highest BCUT2D eigenvalue weighted by atomic mass is 31.1. The molecule has 0 amide bonds. The first-order valence-electron chi connectivity index (χ1n) is 3.41. The van der Waals surface area contributed by atoms with E-state index >= 15 is 0 Å². The third-order valence-electron chi connectivity index (χ3n) is 0.772. The van der Waals surface area contributed by atoms with Crippen LogP contribution in [0.4, 0.5) is 0 Å². The highest BCUT2D eigenvalue weighted by Crippen LogP contribution is 2.15. The van der Waals surface area contributed by atoms with Crippen LogP contribution in [0.1, 0.15) is 20.8 Å². The van der Waals surface area contributed by atoms with Crippen molar-refractivity contribution in [1.82, 2.24) is 0 Å². The molecule has 1 atom stereocenters. The third-order valence-corrected chi connectivity index (χ3v) is 1.48. The van der Waals surface area contributed by atoms with Gasteiger partial charge in [0.15, 0.2) is 0 Å². The molecule has 0 rings (SSSR count). The molecule has 0 spiro atoms. The molecule has 0 aromatic heterocycles. The number of carbonyl (C=O) groups is 1. The number of esters is 1. The summed E-state index contributed by atoms with van der Waals surface area (Å²) in [6.45, 7) is 6.87. The first-order valence-corrected chi connectivity index (χ1v) is 5.30. The summed E-state index contributed by atoms with van der Waals surface area (Å²) in [6, 6.07) is 0. The third kappa shape index (κ3) is 7.47. The molecule has 0 saturated heterocycles. The lowest BCUT2D eigenvalue weighted by molar-refractivity contribution is -0.151. The minimum atomic E-state index is -1.42. The average Bonchev–Trinajstić information content (AvgIpc) is 1.53. The summed E-state index contributed by atoms with van der Waals surface area (Å²) in [4.78, 5) is 10.9. The van der Waals surface area contributed by atoms with E-state index in [4.69, 9.17) is 4.74 Å².